The summed E-state index contributed by atoms with van der Waals surface area (Å²) in [4.78, 5) is 20.4. The number of halogens is 4. The molecule has 0 saturated heterocycles. The summed E-state index contributed by atoms with van der Waals surface area (Å²) in [6.45, 7) is 1.97. The van der Waals surface area contributed by atoms with Crippen LogP contribution in [-0.2, 0) is 0 Å². The third-order valence-corrected chi connectivity index (χ3v) is 5.05. The van der Waals surface area contributed by atoms with Crippen LogP contribution in [0.15, 0.2) is 29.4 Å². The Morgan fingerprint density at radius 1 is 1.11 bits per heavy atom. The zero-order chi connectivity index (χ0) is 19.7. The maximum atomic E-state index is 12.2. The lowest BCUT2D eigenvalue weighted by Crippen LogP contribution is -2.20. The first-order valence-electron chi connectivity index (χ1n) is 7.48. The third kappa shape index (κ3) is 4.09. The minimum Gasteiger partial charge on any atom is -0.396 e. The smallest absolute Gasteiger partial charge is 0.291 e. The molecule has 2 heterocycles. The first kappa shape index (κ1) is 19.6. The van der Waals surface area contributed by atoms with Crippen LogP contribution in [-0.4, -0.2) is 22.1 Å². The molecule has 10 heteroatoms. The Bertz CT molecular complexity index is 1100. The van der Waals surface area contributed by atoms with Gasteiger partial charge in [0.1, 0.15) is 10.2 Å². The van der Waals surface area contributed by atoms with Crippen molar-refractivity contribution in [2.75, 3.05) is 5.73 Å². The molecule has 138 valence electrons. The Balaban J connectivity index is 1.84. The van der Waals surface area contributed by atoms with Crippen molar-refractivity contribution in [1.29, 1.82) is 0 Å². The van der Waals surface area contributed by atoms with Gasteiger partial charge in [-0.05, 0) is 24.6 Å². The lowest BCUT2D eigenvalue weighted by atomic mass is 10.1. The fourth-order valence-electron chi connectivity index (χ4n) is 2.26. The van der Waals surface area contributed by atoms with E-state index in [1.807, 2.05) is 31.2 Å². The molecule has 0 aliphatic heterocycles. The average molecular weight is 443 g/mol. The zero-order valence-electron chi connectivity index (χ0n) is 13.7. The van der Waals surface area contributed by atoms with Crippen LogP contribution in [0.25, 0.3) is 10.9 Å². The lowest BCUT2D eigenvalue weighted by molar-refractivity contribution is 0.0950. The fraction of sp³-hybridized carbons (Fsp3) is 0.0588. The Morgan fingerprint density at radius 2 is 1.85 bits per heavy atom. The minimum atomic E-state index is -0.706. The highest BCUT2D eigenvalue weighted by molar-refractivity contribution is 6.46. The van der Waals surface area contributed by atoms with E-state index < -0.39 is 5.91 Å². The fourth-order valence-corrected chi connectivity index (χ4v) is 3.04. The molecule has 2 aromatic heterocycles. The molecule has 0 aliphatic carbocycles. The number of hydrazone groups is 1. The third-order valence-electron chi connectivity index (χ3n) is 3.61. The van der Waals surface area contributed by atoms with Gasteiger partial charge in [-0.25, -0.2) is 15.4 Å². The molecule has 0 bridgehead atoms. The number of nitrogen functional groups attached to an aromatic ring is 1. The van der Waals surface area contributed by atoms with E-state index in [0.29, 0.717) is 5.56 Å². The van der Waals surface area contributed by atoms with Crippen LogP contribution in [0.1, 0.15) is 21.6 Å². The maximum Gasteiger partial charge on any atom is 0.291 e. The lowest BCUT2D eigenvalue weighted by Gasteiger charge is -2.07. The van der Waals surface area contributed by atoms with E-state index in [1.54, 1.807) is 0 Å². The van der Waals surface area contributed by atoms with Gasteiger partial charge in [-0.3, -0.25) is 4.79 Å². The number of nitrogens with one attached hydrogen (secondary N) is 1. The highest BCUT2D eigenvalue weighted by Gasteiger charge is 2.19. The number of amides is 1. The monoisotopic (exact) mass is 441 g/mol. The largest absolute Gasteiger partial charge is 0.396 e. The molecule has 6 nitrogen and oxygen atoms in total. The molecule has 1 aromatic carbocycles. The Morgan fingerprint density at radius 3 is 2.59 bits per heavy atom. The summed E-state index contributed by atoms with van der Waals surface area (Å²) in [6, 6.07) is 7.61. The van der Waals surface area contributed by atoms with E-state index in [0.717, 1.165) is 16.5 Å². The topological polar surface area (TPSA) is 93.3 Å². The van der Waals surface area contributed by atoms with Crippen molar-refractivity contribution in [1.82, 2.24) is 15.4 Å². The number of benzene rings is 1. The van der Waals surface area contributed by atoms with Crippen molar-refractivity contribution in [3.8, 4) is 0 Å². The van der Waals surface area contributed by atoms with E-state index >= 15 is 0 Å². The number of hydrogen-bond donors (Lipinski definition) is 2. The van der Waals surface area contributed by atoms with E-state index in [-0.39, 0.29) is 31.7 Å². The van der Waals surface area contributed by atoms with E-state index in [2.05, 4.69) is 20.5 Å². The quantitative estimate of drug-likeness (QED) is 0.342. The van der Waals surface area contributed by atoms with Crippen LogP contribution in [0.5, 0.6) is 0 Å². The molecule has 3 N–H and O–H groups in total. The molecule has 0 radical (unpaired) electrons. The summed E-state index contributed by atoms with van der Waals surface area (Å²) in [7, 11) is 0. The number of aryl methyl sites for hydroxylation is 1. The molecule has 27 heavy (non-hydrogen) atoms. The van der Waals surface area contributed by atoms with Crippen LogP contribution in [0, 0.1) is 6.92 Å². The number of fused-ring (bicyclic) bond motifs is 1. The second-order valence-electron chi connectivity index (χ2n) is 5.56. The Hall–Kier alpha value is -2.12. The summed E-state index contributed by atoms with van der Waals surface area (Å²) in [5, 5.41) is 4.73. The first-order valence-corrected chi connectivity index (χ1v) is 8.99. The van der Waals surface area contributed by atoms with E-state index in [9.17, 15) is 4.79 Å². The number of aromatic nitrogens is 2. The minimum absolute atomic E-state index is 0.0222. The molecule has 0 saturated carbocycles. The van der Waals surface area contributed by atoms with Crippen molar-refractivity contribution >= 4 is 75.1 Å². The average Bonchev–Trinajstić information content (AvgIpc) is 2.63. The van der Waals surface area contributed by atoms with Gasteiger partial charge in [-0.2, -0.15) is 5.10 Å². The molecule has 3 aromatic rings. The predicted octanol–water partition coefficient (Wildman–Crippen LogP) is 4.90. The van der Waals surface area contributed by atoms with Gasteiger partial charge in [-0.15, -0.1) is 0 Å². The molecule has 0 spiro atoms. The zero-order valence-corrected chi connectivity index (χ0v) is 16.7. The number of carbonyl (C=O) groups is 1. The highest BCUT2D eigenvalue weighted by Crippen LogP contribution is 2.34. The molecule has 1 amide bonds. The molecule has 3 rings (SSSR count). The number of hydrogen-bond acceptors (Lipinski definition) is 5. The Kier molecular flexibility index (Phi) is 5.72. The molecular formula is C17H11Cl4N5O. The number of pyridine rings is 2. The van der Waals surface area contributed by atoms with E-state index in [4.69, 9.17) is 52.1 Å². The van der Waals surface area contributed by atoms with Gasteiger partial charge in [0.25, 0.3) is 5.91 Å². The van der Waals surface area contributed by atoms with Gasteiger partial charge in [0.2, 0.25) is 0 Å². The molecular weight excluding hydrogens is 432 g/mol. The van der Waals surface area contributed by atoms with Crippen LogP contribution >= 0.6 is 46.4 Å². The van der Waals surface area contributed by atoms with Crippen LogP contribution in [0.3, 0.4) is 0 Å². The maximum absolute atomic E-state index is 12.2. The number of rotatable bonds is 3. The SMILES string of the molecule is Cc1ccc2cc(C=NNC(=O)c3nc(Cl)c(Cl)c(N)c3Cl)c(Cl)nc2c1. The van der Waals surface area contributed by atoms with Crippen molar-refractivity contribution in [2.45, 2.75) is 6.92 Å². The molecule has 0 aliphatic rings. The van der Waals surface area contributed by atoms with Crippen molar-refractivity contribution in [3.05, 3.63) is 61.4 Å². The van der Waals surface area contributed by atoms with E-state index in [1.165, 1.54) is 6.21 Å². The number of carbonyl (C=O) groups excluding carboxylic acids is 1. The first-order chi connectivity index (χ1) is 12.8. The van der Waals surface area contributed by atoms with Crippen molar-refractivity contribution < 1.29 is 4.79 Å². The van der Waals surface area contributed by atoms with Crippen LogP contribution in [0.2, 0.25) is 20.4 Å². The summed E-state index contributed by atoms with van der Waals surface area (Å²) in [5.41, 5.74) is 10.1. The van der Waals surface area contributed by atoms with Gasteiger partial charge in [0.15, 0.2) is 10.8 Å². The second-order valence-corrected chi connectivity index (χ2v) is 7.03. The van der Waals surface area contributed by atoms with Crippen molar-refractivity contribution in [2.24, 2.45) is 5.10 Å². The number of nitrogens with two attached hydrogens (primary N) is 1. The number of anilines is 1. The van der Waals surface area contributed by atoms with Crippen LogP contribution < -0.4 is 11.2 Å². The molecule has 0 unspecified atom stereocenters. The highest BCUT2D eigenvalue weighted by atomic mass is 35.5. The van der Waals surface area contributed by atoms with Crippen molar-refractivity contribution in [3.63, 3.8) is 0 Å². The standard InChI is InChI=1S/C17H11Cl4N5O/c1-7-2-3-8-5-9(15(20)24-10(8)4-7)6-23-26-17(27)14-11(18)13(22)12(19)16(21)25-14/h2-6H,1H3,(H2,22,25)(H,26,27). The summed E-state index contributed by atoms with van der Waals surface area (Å²) >= 11 is 23.8. The van der Waals surface area contributed by atoms with Gasteiger partial charge < -0.3 is 5.73 Å². The second kappa shape index (κ2) is 7.86. The summed E-state index contributed by atoms with van der Waals surface area (Å²) in [5.74, 6) is -0.706. The summed E-state index contributed by atoms with van der Waals surface area (Å²) < 4.78 is 0. The summed E-state index contributed by atoms with van der Waals surface area (Å²) in [6.07, 6.45) is 1.36. The van der Waals surface area contributed by atoms with Gasteiger partial charge in [-0.1, -0.05) is 58.5 Å². The number of nitrogens with zero attached hydrogens (tertiary/aromatic N) is 3. The van der Waals surface area contributed by atoms with Gasteiger partial charge >= 0.3 is 0 Å². The van der Waals surface area contributed by atoms with Gasteiger partial charge in [0, 0.05) is 10.9 Å². The molecule has 0 atom stereocenters. The van der Waals surface area contributed by atoms with Crippen LogP contribution in [0.4, 0.5) is 5.69 Å². The molecule has 0 fully saturated rings. The Labute approximate surface area is 174 Å². The van der Waals surface area contributed by atoms with Gasteiger partial charge in [0.05, 0.1) is 22.4 Å². The predicted molar refractivity (Wildman–Crippen MR) is 110 cm³/mol. The normalized spacial score (nSPS) is 11.3.